The van der Waals surface area contributed by atoms with Crippen molar-refractivity contribution in [1.82, 2.24) is 0 Å². The molecule has 16 heteroatoms. The van der Waals surface area contributed by atoms with E-state index in [0.29, 0.717) is 4.73 Å². The number of carboxylic acids is 4. The average molecular weight is 655 g/mol. The van der Waals surface area contributed by atoms with Gasteiger partial charge in [0.15, 0.2) is 0 Å². The van der Waals surface area contributed by atoms with Crippen molar-refractivity contribution in [3.63, 3.8) is 0 Å². The molecule has 0 bridgehead atoms. The van der Waals surface area contributed by atoms with Gasteiger partial charge in [0.1, 0.15) is 23.1 Å². The van der Waals surface area contributed by atoms with Gasteiger partial charge in [0, 0.05) is 49.6 Å². The molecule has 0 N–H and O–H groups in total. The molecule has 0 aromatic heterocycles. The Morgan fingerprint density at radius 3 is 0.698 bits per heavy atom. The van der Waals surface area contributed by atoms with E-state index in [1.807, 2.05) is 62.0 Å². The van der Waals surface area contributed by atoms with Gasteiger partial charge in [-0.1, -0.05) is 0 Å². The van der Waals surface area contributed by atoms with Crippen LogP contribution < -0.4 is 20.4 Å². The van der Waals surface area contributed by atoms with Crippen molar-refractivity contribution in [2.75, 3.05) is 0 Å². The second-order valence-electron chi connectivity index (χ2n) is 9.36. The number of ether oxygens (including phenoxy) is 3. The third-order valence-corrected chi connectivity index (χ3v) is 3.71. The first-order valence-electron chi connectivity index (χ1n) is 12.8. The van der Waals surface area contributed by atoms with Crippen LogP contribution in [0.25, 0.3) is 0 Å². The van der Waals surface area contributed by atoms with Crippen molar-refractivity contribution < 1.29 is 93.4 Å². The number of hydrogen-bond acceptors (Lipinski definition) is 15. The third kappa shape index (κ3) is 55.7. The van der Waals surface area contributed by atoms with E-state index < -0.39 is 55.5 Å². The number of hydrogen-bond donors (Lipinski definition) is 0. The predicted octanol–water partition coefficient (Wildman–Crippen LogP) is -2.26. The summed E-state index contributed by atoms with van der Waals surface area (Å²) in [4.78, 5) is 77.2. The minimum absolute atomic E-state index is 0.0856. The van der Waals surface area contributed by atoms with Crippen LogP contribution in [0.1, 0.15) is 94.9 Å². The fraction of sp³-hybridized carbons (Fsp3) is 0.704. The van der Waals surface area contributed by atoms with Crippen LogP contribution in [0.4, 0.5) is 0 Å². The van der Waals surface area contributed by atoms with Gasteiger partial charge in [-0.2, -0.15) is 0 Å². The van der Waals surface area contributed by atoms with Crippen molar-refractivity contribution in [3.05, 3.63) is 0 Å². The SMILES string of the molecule is CC(=O)CC(=O)[O-].CC(=O)CC(=O)[O-].CC(=O)CC(=O)[O-].CC(=O)CC(=O)[O-].CC(C)OC([CH2][Ti+4])(OC(C)C)OC(C)C. The fourth-order valence-corrected chi connectivity index (χ4v) is 2.49. The molecule has 0 unspecified atom stereocenters. The van der Waals surface area contributed by atoms with Gasteiger partial charge < -0.3 is 39.6 Å². The summed E-state index contributed by atoms with van der Waals surface area (Å²) in [7, 11) is 0. The normalized spacial score (nSPS) is 9.93. The van der Waals surface area contributed by atoms with Crippen LogP contribution in [0.3, 0.4) is 0 Å². The summed E-state index contributed by atoms with van der Waals surface area (Å²) in [5, 5.41) is 37.9. The van der Waals surface area contributed by atoms with E-state index in [9.17, 15) is 58.8 Å². The summed E-state index contributed by atoms with van der Waals surface area (Å²) in [5.41, 5.74) is 0. The number of rotatable bonds is 15. The van der Waals surface area contributed by atoms with Crippen molar-refractivity contribution in [3.8, 4) is 0 Å². The quantitative estimate of drug-likeness (QED) is 0.102. The molecular weight excluding hydrogens is 612 g/mol. The maximum atomic E-state index is 9.83. The molecule has 0 aromatic rings. The topological polar surface area (TPSA) is 256 Å². The monoisotopic (exact) mass is 655 g/mol. The molecule has 0 atom stereocenters. The zero-order valence-corrected chi connectivity index (χ0v) is 28.0. The van der Waals surface area contributed by atoms with Crippen LogP contribution in [-0.4, -0.2) is 71.3 Å². The molecule has 0 aliphatic heterocycles. The Bertz CT molecular complexity index is 701. The van der Waals surface area contributed by atoms with Crippen LogP contribution in [0.15, 0.2) is 0 Å². The molecule has 15 nitrogen and oxygen atoms in total. The molecule has 0 rings (SSSR count). The van der Waals surface area contributed by atoms with E-state index in [1.54, 1.807) is 0 Å². The molecule has 0 spiro atoms. The first kappa shape index (κ1) is 49.8. The van der Waals surface area contributed by atoms with E-state index in [2.05, 4.69) is 0 Å². The zero-order valence-electron chi connectivity index (χ0n) is 26.4. The Morgan fingerprint density at radius 2 is 0.651 bits per heavy atom. The summed E-state index contributed by atoms with van der Waals surface area (Å²) in [5.74, 6) is -7.64. The van der Waals surface area contributed by atoms with Crippen molar-refractivity contribution in [2.24, 2.45) is 0 Å². The molecule has 0 aromatic carbocycles. The Balaban J connectivity index is -0.000000148. The van der Waals surface area contributed by atoms with E-state index >= 15 is 0 Å². The average Bonchev–Trinajstić information content (AvgIpc) is 2.69. The minimum atomic E-state index is -1.31. The van der Waals surface area contributed by atoms with Crippen LogP contribution in [-0.2, 0) is 73.0 Å². The van der Waals surface area contributed by atoms with E-state index in [-0.39, 0.29) is 41.4 Å². The molecule has 0 amide bonds. The van der Waals surface area contributed by atoms with Gasteiger partial charge in [-0.3, -0.25) is 19.2 Å². The second-order valence-corrected chi connectivity index (χ2v) is 9.91. The molecular formula is C27H43O15Ti. The van der Waals surface area contributed by atoms with Crippen LogP contribution in [0, 0.1) is 0 Å². The summed E-state index contributed by atoms with van der Waals surface area (Å²) in [6.07, 6.45) is -1.63. The number of carbonyl (C=O) groups is 8. The molecule has 0 aliphatic rings. The molecule has 0 saturated carbocycles. The van der Waals surface area contributed by atoms with Gasteiger partial charge >= 0.3 is 105 Å². The Kier molecular flexibility index (Phi) is 33.9. The molecule has 0 fully saturated rings. The van der Waals surface area contributed by atoms with Gasteiger partial charge in [-0.05, 0) is 27.7 Å². The number of carboxylic acid groups (broad SMARTS) is 4. The van der Waals surface area contributed by atoms with Crippen LogP contribution in [0.2, 0.25) is 4.73 Å². The molecule has 0 aliphatic carbocycles. The summed E-state index contributed by atoms with van der Waals surface area (Å²) in [6, 6.07) is 0. The van der Waals surface area contributed by atoms with Crippen LogP contribution in [0.5, 0.6) is 0 Å². The Labute approximate surface area is 264 Å². The Hall–Kier alpha value is -2.85. The van der Waals surface area contributed by atoms with Crippen molar-refractivity contribution >= 4 is 47.0 Å². The summed E-state index contributed by atoms with van der Waals surface area (Å²) >= 11 is 2.01. The molecule has 43 heavy (non-hydrogen) atoms. The second kappa shape index (κ2) is 29.2. The molecule has 0 heterocycles. The van der Waals surface area contributed by atoms with Crippen molar-refractivity contribution in [1.29, 1.82) is 0 Å². The molecule has 0 saturated heterocycles. The zero-order chi connectivity index (χ0) is 35.5. The summed E-state index contributed by atoms with van der Waals surface area (Å²) in [6.45, 7) is 16.7. The third-order valence-electron chi connectivity index (χ3n) is 3.04. The maximum absolute atomic E-state index is 9.83. The van der Waals surface area contributed by atoms with Gasteiger partial charge in [0.2, 0.25) is 0 Å². The van der Waals surface area contributed by atoms with Crippen LogP contribution >= 0.6 is 0 Å². The van der Waals surface area contributed by atoms with E-state index in [1.165, 1.54) is 27.7 Å². The number of carbonyl (C=O) groups excluding carboxylic acids is 8. The molecule has 245 valence electrons. The van der Waals surface area contributed by atoms with Gasteiger partial charge in [0.25, 0.3) is 0 Å². The van der Waals surface area contributed by atoms with Gasteiger partial charge in [-0.25, -0.2) is 0 Å². The van der Waals surface area contributed by atoms with Gasteiger partial charge in [0.05, 0.1) is 0 Å². The van der Waals surface area contributed by atoms with Crippen molar-refractivity contribution in [2.45, 2.75) is 124 Å². The molecule has 0 radical (unpaired) electrons. The standard InChI is InChI=1S/C11H23O3.4C4H6O3.Ti/c1-8(2)12-11(7,13-9(3)4)14-10(5)6;4*1-3(5)2-4(6)7;/h8-10H,7H2,1-6H3;4*2H2,1H3,(H,6,7);/q;;;;;+4/p-4. The van der Waals surface area contributed by atoms with E-state index in [0.717, 1.165) is 0 Å². The van der Waals surface area contributed by atoms with E-state index in [4.69, 9.17) is 14.2 Å². The summed E-state index contributed by atoms with van der Waals surface area (Å²) < 4.78 is 18.0. The predicted molar refractivity (Wildman–Crippen MR) is 137 cm³/mol. The number of Topliss-reactive ketones (excluding diaryl/α,β-unsaturated/α-hetero) is 4. The number of ketones is 4. The first-order chi connectivity index (χ1) is 19.3. The Morgan fingerprint density at radius 1 is 0.488 bits per heavy atom. The first-order valence-corrected chi connectivity index (χ1v) is 13.9. The van der Waals surface area contributed by atoms with Gasteiger partial charge in [-0.15, -0.1) is 0 Å². The fourth-order valence-electron chi connectivity index (χ4n) is 2.10. The number of aliphatic carboxylic acids is 4.